The molecular formula is C13H12ClN3O3. The molecule has 1 aromatic heterocycles. The molecule has 7 heteroatoms. The second-order valence-electron chi connectivity index (χ2n) is 3.95. The Balaban J connectivity index is 2.21. The average Bonchev–Trinajstić information content (AvgIpc) is 2.44. The minimum absolute atomic E-state index is 0.0261. The molecule has 1 aromatic carbocycles. The molecular weight excluding hydrogens is 282 g/mol. The molecule has 1 N–H and O–H groups in total. The number of ether oxygens (including phenoxy) is 1. The Bertz CT molecular complexity index is 634. The van der Waals surface area contributed by atoms with E-state index in [-0.39, 0.29) is 18.2 Å². The smallest absolute Gasteiger partial charge is 0.331 e. The Hall–Kier alpha value is -2.34. The molecule has 0 fully saturated rings. The third kappa shape index (κ3) is 3.36. The largest absolute Gasteiger partial charge is 0.468 e. The highest BCUT2D eigenvalue weighted by Crippen LogP contribution is 2.27. The first-order chi connectivity index (χ1) is 9.60. The van der Waals surface area contributed by atoms with Crippen molar-refractivity contribution in [3.63, 3.8) is 0 Å². The Morgan fingerprint density at radius 3 is 2.85 bits per heavy atom. The Morgan fingerprint density at radius 1 is 1.40 bits per heavy atom. The first-order valence-electron chi connectivity index (χ1n) is 5.80. The second kappa shape index (κ2) is 6.21. The summed E-state index contributed by atoms with van der Waals surface area (Å²) in [5.74, 6) is 0.471. The van der Waals surface area contributed by atoms with E-state index in [9.17, 15) is 10.1 Å². The van der Waals surface area contributed by atoms with Gasteiger partial charge in [-0.05, 0) is 23.8 Å². The lowest BCUT2D eigenvalue weighted by Gasteiger charge is -2.07. The van der Waals surface area contributed by atoms with Gasteiger partial charge in [0.05, 0.1) is 4.92 Å². The van der Waals surface area contributed by atoms with Crippen molar-refractivity contribution in [3.05, 3.63) is 57.1 Å². The summed E-state index contributed by atoms with van der Waals surface area (Å²) in [5.41, 5.74) is 0.634. The van der Waals surface area contributed by atoms with Gasteiger partial charge in [0, 0.05) is 18.1 Å². The molecule has 1 heterocycles. The third-order valence-corrected chi connectivity index (χ3v) is 2.79. The average molecular weight is 294 g/mol. The van der Waals surface area contributed by atoms with E-state index in [0.29, 0.717) is 10.8 Å². The van der Waals surface area contributed by atoms with Crippen molar-refractivity contribution in [2.45, 2.75) is 6.61 Å². The van der Waals surface area contributed by atoms with Crippen LogP contribution in [0.1, 0.15) is 5.56 Å². The van der Waals surface area contributed by atoms with E-state index in [4.69, 9.17) is 16.3 Å². The molecule has 2 aromatic rings. The second-order valence-corrected chi connectivity index (χ2v) is 4.38. The van der Waals surface area contributed by atoms with Gasteiger partial charge in [-0.2, -0.15) is 4.98 Å². The lowest BCUT2D eigenvalue weighted by atomic mass is 10.2. The highest BCUT2D eigenvalue weighted by atomic mass is 35.5. The van der Waals surface area contributed by atoms with Crippen LogP contribution in [0, 0.1) is 10.1 Å². The number of pyridine rings is 1. The van der Waals surface area contributed by atoms with Crippen LogP contribution in [0.2, 0.25) is 5.02 Å². The molecule has 20 heavy (non-hydrogen) atoms. The lowest BCUT2D eigenvalue weighted by Crippen LogP contribution is -2.03. The predicted octanol–water partition coefficient (Wildman–Crippen LogP) is 3.26. The Morgan fingerprint density at radius 2 is 2.20 bits per heavy atom. The molecule has 0 saturated heterocycles. The summed E-state index contributed by atoms with van der Waals surface area (Å²) in [6.07, 6.45) is 0. The zero-order chi connectivity index (χ0) is 14.5. The molecule has 0 aliphatic heterocycles. The predicted molar refractivity (Wildman–Crippen MR) is 76.2 cm³/mol. The fraction of sp³-hybridized carbons (Fsp3) is 0.154. The molecule has 0 amide bonds. The Labute approximate surface area is 120 Å². The monoisotopic (exact) mass is 293 g/mol. The first kappa shape index (κ1) is 14.1. The van der Waals surface area contributed by atoms with Crippen molar-refractivity contribution in [3.8, 4) is 5.88 Å². The number of nitrogens with zero attached hydrogens (tertiary/aromatic N) is 2. The van der Waals surface area contributed by atoms with Gasteiger partial charge < -0.3 is 10.1 Å². The summed E-state index contributed by atoms with van der Waals surface area (Å²) in [4.78, 5) is 14.4. The van der Waals surface area contributed by atoms with E-state index < -0.39 is 4.92 Å². The van der Waals surface area contributed by atoms with Crippen LogP contribution in [-0.4, -0.2) is 17.0 Å². The number of rotatable bonds is 5. The maximum absolute atomic E-state index is 10.9. The van der Waals surface area contributed by atoms with Crippen molar-refractivity contribution in [1.82, 2.24) is 4.98 Å². The van der Waals surface area contributed by atoms with E-state index >= 15 is 0 Å². The number of anilines is 1. The number of hydrogen-bond acceptors (Lipinski definition) is 5. The van der Waals surface area contributed by atoms with Gasteiger partial charge in [-0.3, -0.25) is 10.1 Å². The SMILES string of the molecule is CNc1ccc([N+](=O)[O-])c(OCc2cccc(Cl)c2)n1. The van der Waals surface area contributed by atoms with Crippen molar-refractivity contribution in [2.24, 2.45) is 0 Å². The van der Waals surface area contributed by atoms with Crippen molar-refractivity contribution < 1.29 is 9.66 Å². The summed E-state index contributed by atoms with van der Waals surface area (Å²) in [7, 11) is 1.68. The maximum atomic E-state index is 10.9. The van der Waals surface area contributed by atoms with Crippen LogP contribution in [0.5, 0.6) is 5.88 Å². The quantitative estimate of drug-likeness (QED) is 0.676. The number of nitrogens with one attached hydrogen (secondary N) is 1. The van der Waals surface area contributed by atoms with Gasteiger partial charge in [-0.1, -0.05) is 23.7 Å². The van der Waals surface area contributed by atoms with Crippen LogP contribution in [0.25, 0.3) is 0 Å². The highest BCUT2D eigenvalue weighted by Gasteiger charge is 2.17. The molecule has 0 aliphatic carbocycles. The van der Waals surface area contributed by atoms with Gasteiger partial charge in [0.1, 0.15) is 12.4 Å². The van der Waals surface area contributed by atoms with Gasteiger partial charge in [0.15, 0.2) is 0 Å². The summed E-state index contributed by atoms with van der Waals surface area (Å²) < 4.78 is 5.43. The molecule has 0 spiro atoms. The number of nitro groups is 1. The maximum Gasteiger partial charge on any atom is 0.331 e. The zero-order valence-corrected chi connectivity index (χ0v) is 11.4. The molecule has 6 nitrogen and oxygen atoms in total. The highest BCUT2D eigenvalue weighted by molar-refractivity contribution is 6.30. The fourth-order valence-corrected chi connectivity index (χ4v) is 1.81. The van der Waals surface area contributed by atoms with Crippen LogP contribution in [-0.2, 0) is 6.61 Å². The summed E-state index contributed by atoms with van der Waals surface area (Å²) >= 11 is 5.87. The topological polar surface area (TPSA) is 77.3 Å². The first-order valence-corrected chi connectivity index (χ1v) is 6.18. The van der Waals surface area contributed by atoms with Crippen LogP contribution in [0.15, 0.2) is 36.4 Å². The van der Waals surface area contributed by atoms with E-state index in [1.54, 1.807) is 25.2 Å². The molecule has 0 saturated carbocycles. The van der Waals surface area contributed by atoms with Gasteiger partial charge in [0.2, 0.25) is 0 Å². The van der Waals surface area contributed by atoms with Crippen molar-refractivity contribution in [2.75, 3.05) is 12.4 Å². The molecule has 0 unspecified atom stereocenters. The van der Waals surface area contributed by atoms with Crippen LogP contribution >= 0.6 is 11.6 Å². The normalized spacial score (nSPS) is 10.1. The van der Waals surface area contributed by atoms with Crippen LogP contribution in [0.4, 0.5) is 11.5 Å². The van der Waals surface area contributed by atoms with Crippen LogP contribution < -0.4 is 10.1 Å². The molecule has 0 aliphatic rings. The molecule has 104 valence electrons. The molecule has 0 atom stereocenters. The number of benzene rings is 1. The molecule has 0 radical (unpaired) electrons. The van der Waals surface area contributed by atoms with Gasteiger partial charge in [-0.15, -0.1) is 0 Å². The van der Waals surface area contributed by atoms with E-state index in [0.717, 1.165) is 5.56 Å². The van der Waals surface area contributed by atoms with E-state index in [2.05, 4.69) is 10.3 Å². The lowest BCUT2D eigenvalue weighted by molar-refractivity contribution is -0.386. The number of aromatic nitrogens is 1. The fourth-order valence-electron chi connectivity index (χ4n) is 1.60. The van der Waals surface area contributed by atoms with Crippen LogP contribution in [0.3, 0.4) is 0 Å². The van der Waals surface area contributed by atoms with Gasteiger partial charge in [0.25, 0.3) is 5.88 Å². The summed E-state index contributed by atoms with van der Waals surface area (Å²) in [6.45, 7) is 0.154. The molecule has 0 bridgehead atoms. The van der Waals surface area contributed by atoms with E-state index in [1.807, 2.05) is 6.07 Å². The third-order valence-electron chi connectivity index (χ3n) is 2.56. The standard InChI is InChI=1S/C13H12ClN3O3/c1-15-12-6-5-11(17(18)19)13(16-12)20-8-9-3-2-4-10(14)7-9/h2-7H,8H2,1H3,(H,15,16). The van der Waals surface area contributed by atoms with Crippen molar-refractivity contribution >= 4 is 23.1 Å². The van der Waals surface area contributed by atoms with E-state index in [1.165, 1.54) is 12.1 Å². The van der Waals surface area contributed by atoms with Gasteiger partial charge >= 0.3 is 5.69 Å². The number of hydrogen-bond donors (Lipinski definition) is 1. The minimum Gasteiger partial charge on any atom is -0.468 e. The minimum atomic E-state index is -0.528. The summed E-state index contributed by atoms with van der Waals surface area (Å²) in [5, 5.41) is 14.3. The summed E-state index contributed by atoms with van der Waals surface area (Å²) in [6, 6.07) is 9.95. The molecule has 2 rings (SSSR count). The Kier molecular flexibility index (Phi) is 4.37. The van der Waals surface area contributed by atoms with Gasteiger partial charge in [-0.25, -0.2) is 0 Å². The zero-order valence-electron chi connectivity index (χ0n) is 10.7. The number of halogens is 1. The van der Waals surface area contributed by atoms with Crippen molar-refractivity contribution in [1.29, 1.82) is 0 Å².